The minimum absolute atomic E-state index is 0.147. The number of terminal acetylenes is 1. The molecule has 0 fully saturated rings. The van der Waals surface area contributed by atoms with Crippen molar-refractivity contribution in [1.29, 1.82) is 0 Å². The Morgan fingerprint density at radius 2 is 1.92 bits per heavy atom. The van der Waals surface area contributed by atoms with E-state index in [9.17, 15) is 9.59 Å². The van der Waals surface area contributed by atoms with Gasteiger partial charge in [0.1, 0.15) is 6.61 Å². The van der Waals surface area contributed by atoms with Crippen LogP contribution < -0.4 is 0 Å². The number of fused-ring (bicyclic) bond motifs is 1. The topological polar surface area (TPSA) is 47.8 Å². The summed E-state index contributed by atoms with van der Waals surface area (Å²) in [6.07, 6.45) is 5.54. The lowest BCUT2D eigenvalue weighted by Crippen LogP contribution is -2.06. The Kier molecular flexibility index (Phi) is 5.24. The molecule has 4 nitrogen and oxygen atoms in total. The first-order valence-corrected chi connectivity index (χ1v) is 8.84. The molecule has 2 aromatic heterocycles. The summed E-state index contributed by atoms with van der Waals surface area (Å²) in [5.74, 6) is 1.78. The molecule has 0 saturated heterocycles. The standard InChI is InChI=1S/C21H16BrNO3/c1-3-4-12-26-21(25)17-13-19(23-14(2)6-5-7-18(17)23)20(24)15-8-10-16(22)11-9-15/h1,5-11,13H,4,12H2,2H3. The molecule has 0 N–H and O–H groups in total. The minimum atomic E-state index is -0.488. The first kappa shape index (κ1) is 18.0. The van der Waals surface area contributed by atoms with Gasteiger partial charge in [0.15, 0.2) is 0 Å². The number of aromatic nitrogens is 1. The Balaban J connectivity index is 2.08. The number of esters is 1. The lowest BCUT2D eigenvalue weighted by atomic mass is 10.1. The molecule has 0 amide bonds. The fourth-order valence-corrected chi connectivity index (χ4v) is 3.05. The second kappa shape index (κ2) is 7.59. The van der Waals surface area contributed by atoms with Crippen LogP contribution in [0.3, 0.4) is 0 Å². The van der Waals surface area contributed by atoms with Gasteiger partial charge in [-0.1, -0.05) is 22.0 Å². The minimum Gasteiger partial charge on any atom is -0.461 e. The maximum Gasteiger partial charge on any atom is 0.340 e. The molecule has 0 saturated carbocycles. The summed E-state index contributed by atoms with van der Waals surface area (Å²) in [5.41, 5.74) is 2.81. The monoisotopic (exact) mass is 409 g/mol. The number of carbonyl (C=O) groups excluding carboxylic acids is 2. The number of pyridine rings is 1. The van der Waals surface area contributed by atoms with E-state index < -0.39 is 5.97 Å². The van der Waals surface area contributed by atoms with Crippen molar-refractivity contribution in [3.05, 3.63) is 75.5 Å². The molecule has 130 valence electrons. The number of nitrogens with zero attached hydrogens (tertiary/aromatic N) is 1. The largest absolute Gasteiger partial charge is 0.461 e. The number of aryl methyl sites for hydroxylation is 1. The van der Waals surface area contributed by atoms with Crippen molar-refractivity contribution in [3.63, 3.8) is 0 Å². The van der Waals surface area contributed by atoms with Gasteiger partial charge in [-0.05, 0) is 49.4 Å². The molecule has 0 spiro atoms. The van der Waals surface area contributed by atoms with Crippen LogP contribution in [0, 0.1) is 19.3 Å². The second-order valence-electron chi connectivity index (χ2n) is 5.76. The quantitative estimate of drug-likeness (QED) is 0.271. The maximum absolute atomic E-state index is 13.0. The van der Waals surface area contributed by atoms with E-state index in [2.05, 4.69) is 21.9 Å². The normalized spacial score (nSPS) is 10.5. The molecule has 0 aliphatic rings. The zero-order valence-electron chi connectivity index (χ0n) is 14.2. The first-order valence-electron chi connectivity index (χ1n) is 8.05. The fourth-order valence-electron chi connectivity index (χ4n) is 2.78. The molecule has 0 radical (unpaired) electrons. The Bertz CT molecular complexity index is 1030. The van der Waals surface area contributed by atoms with E-state index in [1.807, 2.05) is 31.2 Å². The van der Waals surface area contributed by atoms with Crippen LogP contribution in [0.1, 0.15) is 38.5 Å². The van der Waals surface area contributed by atoms with Gasteiger partial charge in [0, 0.05) is 22.2 Å². The second-order valence-corrected chi connectivity index (χ2v) is 6.67. The van der Waals surface area contributed by atoms with Crippen molar-refractivity contribution in [2.45, 2.75) is 13.3 Å². The SMILES string of the molecule is C#CCCOC(=O)c1cc(C(=O)c2ccc(Br)cc2)n2c(C)cccc12. The molecule has 0 bridgehead atoms. The van der Waals surface area contributed by atoms with Gasteiger partial charge in [0.05, 0.1) is 16.8 Å². The van der Waals surface area contributed by atoms with E-state index in [-0.39, 0.29) is 12.4 Å². The predicted molar refractivity (Wildman–Crippen MR) is 103 cm³/mol. The molecule has 0 aliphatic heterocycles. The van der Waals surface area contributed by atoms with Crippen molar-refractivity contribution < 1.29 is 14.3 Å². The summed E-state index contributed by atoms with van der Waals surface area (Å²) in [4.78, 5) is 25.4. The van der Waals surface area contributed by atoms with Crippen molar-refractivity contribution in [2.75, 3.05) is 6.61 Å². The Hall–Kier alpha value is -2.84. The summed E-state index contributed by atoms with van der Waals surface area (Å²) in [7, 11) is 0. The molecule has 3 aromatic rings. The third kappa shape index (κ3) is 3.42. The van der Waals surface area contributed by atoms with Crippen molar-refractivity contribution >= 4 is 33.2 Å². The van der Waals surface area contributed by atoms with Crippen LogP contribution in [-0.2, 0) is 4.74 Å². The Morgan fingerprint density at radius 1 is 1.19 bits per heavy atom. The summed E-state index contributed by atoms with van der Waals surface area (Å²) < 4.78 is 7.89. The average molecular weight is 410 g/mol. The van der Waals surface area contributed by atoms with Gasteiger partial charge in [0.25, 0.3) is 0 Å². The van der Waals surface area contributed by atoms with Crippen molar-refractivity contribution in [3.8, 4) is 12.3 Å². The number of hydrogen-bond acceptors (Lipinski definition) is 3. The van der Waals surface area contributed by atoms with Crippen LogP contribution in [0.4, 0.5) is 0 Å². The van der Waals surface area contributed by atoms with E-state index in [0.717, 1.165) is 10.2 Å². The van der Waals surface area contributed by atoms with Gasteiger partial charge in [-0.25, -0.2) is 4.79 Å². The van der Waals surface area contributed by atoms with Crippen LogP contribution in [0.2, 0.25) is 0 Å². The molecular formula is C21H16BrNO3. The van der Waals surface area contributed by atoms with Crippen LogP contribution >= 0.6 is 15.9 Å². The zero-order chi connectivity index (χ0) is 18.7. The highest BCUT2D eigenvalue weighted by Gasteiger charge is 2.22. The lowest BCUT2D eigenvalue weighted by molar-refractivity contribution is 0.0516. The zero-order valence-corrected chi connectivity index (χ0v) is 15.7. The molecule has 0 unspecified atom stereocenters. The first-order chi connectivity index (χ1) is 12.5. The number of hydrogen-bond donors (Lipinski definition) is 0. The fraction of sp³-hybridized carbons (Fsp3) is 0.143. The highest BCUT2D eigenvalue weighted by atomic mass is 79.9. The predicted octanol–water partition coefficient (Wildman–Crippen LogP) is 4.42. The highest BCUT2D eigenvalue weighted by Crippen LogP contribution is 2.23. The number of ether oxygens (including phenoxy) is 1. The Morgan fingerprint density at radius 3 is 2.62 bits per heavy atom. The summed E-state index contributed by atoms with van der Waals surface area (Å²) >= 11 is 3.36. The van der Waals surface area contributed by atoms with Crippen LogP contribution in [0.5, 0.6) is 0 Å². The Labute approximate surface area is 159 Å². The highest BCUT2D eigenvalue weighted by molar-refractivity contribution is 9.10. The van der Waals surface area contributed by atoms with Crippen molar-refractivity contribution in [1.82, 2.24) is 4.40 Å². The van der Waals surface area contributed by atoms with Crippen LogP contribution in [0.15, 0.2) is 53.0 Å². The van der Waals surface area contributed by atoms with E-state index >= 15 is 0 Å². The van der Waals surface area contributed by atoms with Crippen LogP contribution in [0.25, 0.3) is 5.52 Å². The van der Waals surface area contributed by atoms with E-state index in [1.54, 1.807) is 28.7 Å². The van der Waals surface area contributed by atoms with Gasteiger partial charge in [-0.2, -0.15) is 0 Å². The molecule has 0 aliphatic carbocycles. The number of halogens is 1. The maximum atomic E-state index is 13.0. The van der Waals surface area contributed by atoms with Crippen molar-refractivity contribution in [2.24, 2.45) is 0 Å². The molecule has 26 heavy (non-hydrogen) atoms. The van der Waals surface area contributed by atoms with Gasteiger partial charge in [0.2, 0.25) is 5.78 Å². The van der Waals surface area contributed by atoms with E-state index in [4.69, 9.17) is 11.2 Å². The summed E-state index contributed by atoms with van der Waals surface area (Å²) in [6.45, 7) is 2.04. The number of ketones is 1. The number of rotatable bonds is 5. The third-order valence-electron chi connectivity index (χ3n) is 4.02. The number of benzene rings is 1. The van der Waals surface area contributed by atoms with Gasteiger partial charge >= 0.3 is 5.97 Å². The smallest absolute Gasteiger partial charge is 0.340 e. The molecule has 5 heteroatoms. The average Bonchev–Trinajstić information content (AvgIpc) is 3.03. The number of carbonyl (C=O) groups is 2. The molecule has 1 aromatic carbocycles. The molecular weight excluding hydrogens is 394 g/mol. The van der Waals surface area contributed by atoms with Gasteiger partial charge < -0.3 is 9.14 Å². The van der Waals surface area contributed by atoms with Gasteiger partial charge in [-0.15, -0.1) is 12.3 Å². The molecule has 2 heterocycles. The summed E-state index contributed by atoms with van der Waals surface area (Å²) in [5, 5.41) is 0. The molecule has 3 rings (SSSR count). The lowest BCUT2D eigenvalue weighted by Gasteiger charge is -2.06. The van der Waals surface area contributed by atoms with Crippen LogP contribution in [-0.4, -0.2) is 22.8 Å². The third-order valence-corrected chi connectivity index (χ3v) is 4.55. The summed E-state index contributed by atoms with van der Waals surface area (Å²) in [6, 6.07) is 14.2. The molecule has 0 atom stereocenters. The van der Waals surface area contributed by atoms with E-state index in [0.29, 0.717) is 28.8 Å². The van der Waals surface area contributed by atoms with Gasteiger partial charge in [-0.3, -0.25) is 4.79 Å². The van der Waals surface area contributed by atoms with E-state index in [1.165, 1.54) is 0 Å².